The Balaban J connectivity index is 1.64. The molecule has 2 aliphatic carbocycles. The molecule has 2 saturated carbocycles. The van der Waals surface area contributed by atoms with Gasteiger partial charge in [0.15, 0.2) is 0 Å². The van der Waals surface area contributed by atoms with Crippen LogP contribution in [0, 0.1) is 0 Å². The second-order valence-electron chi connectivity index (χ2n) is 5.81. The van der Waals surface area contributed by atoms with Gasteiger partial charge in [0.25, 0.3) is 0 Å². The van der Waals surface area contributed by atoms with E-state index < -0.39 is 0 Å². The summed E-state index contributed by atoms with van der Waals surface area (Å²) in [5.74, 6) is 0. The monoisotopic (exact) mass is 225 g/mol. The number of β-amino-alcohol motifs (C(OH)–C–C–N with tert-alkyl or cyclic N) is 1. The fraction of sp³-hybridized carbons (Fsp3) is 1.00. The van der Waals surface area contributed by atoms with E-state index in [0.717, 1.165) is 32.5 Å². The van der Waals surface area contributed by atoms with Crippen LogP contribution >= 0.6 is 0 Å². The van der Waals surface area contributed by atoms with Gasteiger partial charge in [0.05, 0.1) is 18.3 Å². The van der Waals surface area contributed by atoms with Gasteiger partial charge in [-0.3, -0.25) is 4.90 Å². The van der Waals surface area contributed by atoms with Crippen molar-refractivity contribution in [3.8, 4) is 0 Å². The van der Waals surface area contributed by atoms with Crippen molar-refractivity contribution in [2.24, 2.45) is 0 Å². The van der Waals surface area contributed by atoms with E-state index >= 15 is 0 Å². The first-order valence-electron chi connectivity index (χ1n) is 6.85. The fourth-order valence-corrected chi connectivity index (χ4v) is 3.77. The van der Waals surface area contributed by atoms with Crippen LogP contribution in [0.1, 0.15) is 44.9 Å². The van der Waals surface area contributed by atoms with Crippen LogP contribution in [0.25, 0.3) is 0 Å². The van der Waals surface area contributed by atoms with Crippen LogP contribution in [0.4, 0.5) is 0 Å². The summed E-state index contributed by atoms with van der Waals surface area (Å²) in [6.45, 7) is 2.76. The Morgan fingerprint density at radius 1 is 1.19 bits per heavy atom. The summed E-state index contributed by atoms with van der Waals surface area (Å²) in [6.07, 6.45) is 8.65. The maximum atomic E-state index is 10.5. The zero-order valence-corrected chi connectivity index (χ0v) is 10.0. The van der Waals surface area contributed by atoms with Gasteiger partial charge in [0, 0.05) is 19.1 Å². The molecule has 1 aliphatic heterocycles. The van der Waals surface area contributed by atoms with Gasteiger partial charge < -0.3 is 9.84 Å². The molecule has 0 aromatic rings. The zero-order valence-electron chi connectivity index (χ0n) is 10.0. The summed E-state index contributed by atoms with van der Waals surface area (Å²) in [5, 5.41) is 10.5. The summed E-state index contributed by atoms with van der Waals surface area (Å²) >= 11 is 0. The van der Waals surface area contributed by atoms with Gasteiger partial charge in [0.1, 0.15) is 0 Å². The quantitative estimate of drug-likeness (QED) is 0.774. The van der Waals surface area contributed by atoms with Crippen molar-refractivity contribution in [3.63, 3.8) is 0 Å². The third kappa shape index (κ3) is 2.01. The van der Waals surface area contributed by atoms with Gasteiger partial charge in [-0.15, -0.1) is 0 Å². The van der Waals surface area contributed by atoms with Crippen LogP contribution in [0.2, 0.25) is 0 Å². The Morgan fingerprint density at radius 2 is 2.00 bits per heavy atom. The topological polar surface area (TPSA) is 32.7 Å². The van der Waals surface area contributed by atoms with E-state index in [0.29, 0.717) is 12.1 Å². The highest BCUT2D eigenvalue weighted by molar-refractivity contribution is 4.94. The second kappa shape index (κ2) is 4.28. The summed E-state index contributed by atoms with van der Waals surface area (Å²) in [5.41, 5.74) is -0.384. The highest BCUT2D eigenvalue weighted by atomic mass is 16.5. The first-order chi connectivity index (χ1) is 7.77. The van der Waals surface area contributed by atoms with Crippen LogP contribution < -0.4 is 0 Å². The number of aliphatic hydroxyl groups is 1. The molecule has 2 unspecified atom stereocenters. The van der Waals surface area contributed by atoms with E-state index in [-0.39, 0.29) is 5.60 Å². The molecule has 0 radical (unpaired) electrons. The molecule has 92 valence electrons. The standard InChI is InChI=1S/C13H23NO2/c15-13(6-1-2-7-13)10-14-8-9-16-12-5-3-4-11(12)14/h11-12,15H,1-10H2. The second-order valence-corrected chi connectivity index (χ2v) is 5.81. The molecule has 0 aromatic heterocycles. The number of nitrogens with zero attached hydrogens (tertiary/aromatic N) is 1. The average Bonchev–Trinajstić information content (AvgIpc) is 2.87. The molecule has 0 amide bonds. The number of rotatable bonds is 2. The van der Waals surface area contributed by atoms with E-state index in [4.69, 9.17) is 4.74 Å². The average molecular weight is 225 g/mol. The molecule has 0 bridgehead atoms. The van der Waals surface area contributed by atoms with Crippen LogP contribution in [0.5, 0.6) is 0 Å². The Morgan fingerprint density at radius 3 is 2.81 bits per heavy atom. The lowest BCUT2D eigenvalue weighted by Gasteiger charge is -2.41. The van der Waals surface area contributed by atoms with E-state index in [1.807, 2.05) is 0 Å². The molecule has 2 atom stereocenters. The van der Waals surface area contributed by atoms with Crippen molar-refractivity contribution in [1.29, 1.82) is 0 Å². The molecular weight excluding hydrogens is 202 g/mol. The smallest absolute Gasteiger partial charge is 0.0774 e. The highest BCUT2D eigenvalue weighted by Gasteiger charge is 2.40. The molecule has 3 heteroatoms. The number of morpholine rings is 1. The molecular formula is C13H23NO2. The van der Waals surface area contributed by atoms with Gasteiger partial charge >= 0.3 is 0 Å². The van der Waals surface area contributed by atoms with E-state index in [1.54, 1.807) is 0 Å². The summed E-state index contributed by atoms with van der Waals surface area (Å²) in [6, 6.07) is 0.596. The molecule has 1 heterocycles. The number of fused-ring (bicyclic) bond motifs is 1. The molecule has 1 saturated heterocycles. The van der Waals surface area contributed by atoms with Gasteiger partial charge in [-0.1, -0.05) is 12.8 Å². The molecule has 1 N–H and O–H groups in total. The summed E-state index contributed by atoms with van der Waals surface area (Å²) in [7, 11) is 0. The normalized spacial score (nSPS) is 38.8. The Labute approximate surface area is 97.8 Å². The van der Waals surface area contributed by atoms with Gasteiger partial charge in [-0.25, -0.2) is 0 Å². The first-order valence-corrected chi connectivity index (χ1v) is 6.85. The maximum absolute atomic E-state index is 10.5. The number of hydrogen-bond acceptors (Lipinski definition) is 3. The Kier molecular flexibility index (Phi) is 2.94. The maximum Gasteiger partial charge on any atom is 0.0774 e. The van der Waals surface area contributed by atoms with Gasteiger partial charge in [0.2, 0.25) is 0 Å². The number of hydrogen-bond donors (Lipinski definition) is 1. The van der Waals surface area contributed by atoms with Crippen LogP contribution in [-0.2, 0) is 4.74 Å². The third-order valence-corrected chi connectivity index (χ3v) is 4.63. The first kappa shape index (κ1) is 11.0. The van der Waals surface area contributed by atoms with Crippen molar-refractivity contribution in [2.75, 3.05) is 19.7 Å². The largest absolute Gasteiger partial charge is 0.389 e. The van der Waals surface area contributed by atoms with E-state index in [1.165, 1.54) is 32.1 Å². The number of ether oxygens (including phenoxy) is 1. The molecule has 3 nitrogen and oxygen atoms in total. The molecule has 16 heavy (non-hydrogen) atoms. The predicted octanol–water partition coefficient (Wildman–Crippen LogP) is 1.54. The molecule has 0 spiro atoms. The fourth-order valence-electron chi connectivity index (χ4n) is 3.77. The van der Waals surface area contributed by atoms with Crippen molar-refractivity contribution in [3.05, 3.63) is 0 Å². The Bertz CT molecular complexity index is 250. The molecule has 0 aromatic carbocycles. The lowest BCUT2D eigenvalue weighted by atomic mass is 9.99. The minimum absolute atomic E-state index is 0.384. The molecule has 3 fully saturated rings. The van der Waals surface area contributed by atoms with Crippen molar-refractivity contribution >= 4 is 0 Å². The van der Waals surface area contributed by atoms with Crippen molar-refractivity contribution in [1.82, 2.24) is 4.90 Å². The van der Waals surface area contributed by atoms with E-state index in [9.17, 15) is 5.11 Å². The predicted molar refractivity (Wildman–Crippen MR) is 62.4 cm³/mol. The minimum Gasteiger partial charge on any atom is -0.389 e. The van der Waals surface area contributed by atoms with Gasteiger partial charge in [-0.2, -0.15) is 0 Å². The lowest BCUT2D eigenvalue weighted by Crippen LogP contribution is -2.53. The van der Waals surface area contributed by atoms with Crippen molar-refractivity contribution in [2.45, 2.75) is 62.7 Å². The highest BCUT2D eigenvalue weighted by Crippen LogP contribution is 2.35. The SMILES string of the molecule is OC1(CN2CCOC3CCCC32)CCCC1. The van der Waals surface area contributed by atoms with E-state index in [2.05, 4.69) is 4.90 Å². The van der Waals surface area contributed by atoms with Crippen LogP contribution in [0.3, 0.4) is 0 Å². The van der Waals surface area contributed by atoms with Gasteiger partial charge in [-0.05, 0) is 32.1 Å². The summed E-state index contributed by atoms with van der Waals surface area (Å²) < 4.78 is 5.81. The molecule has 3 aliphatic rings. The third-order valence-electron chi connectivity index (χ3n) is 4.63. The zero-order chi connectivity index (χ0) is 11.0. The van der Waals surface area contributed by atoms with Crippen molar-refractivity contribution < 1.29 is 9.84 Å². The lowest BCUT2D eigenvalue weighted by molar-refractivity contribution is -0.0861. The van der Waals surface area contributed by atoms with Crippen LogP contribution in [-0.4, -0.2) is 47.4 Å². The van der Waals surface area contributed by atoms with Crippen LogP contribution in [0.15, 0.2) is 0 Å². The summed E-state index contributed by atoms with van der Waals surface area (Å²) in [4.78, 5) is 2.51. The Hall–Kier alpha value is -0.120. The molecule has 3 rings (SSSR count). The minimum atomic E-state index is -0.384.